The van der Waals surface area contributed by atoms with Gasteiger partial charge in [0.2, 0.25) is 0 Å². The lowest BCUT2D eigenvalue weighted by molar-refractivity contribution is -0.137. The molecule has 1 N–H and O–H groups in total. The van der Waals surface area contributed by atoms with Gasteiger partial charge in [-0.1, -0.05) is 36.3 Å². The van der Waals surface area contributed by atoms with Crippen molar-refractivity contribution < 1.29 is 14.6 Å². The molecule has 2 aromatic carbocycles. The Morgan fingerprint density at radius 2 is 2.04 bits per heavy atom. The zero-order valence-corrected chi connectivity index (χ0v) is 16.7. The minimum absolute atomic E-state index is 0.0155. The first kappa shape index (κ1) is 19.0. The van der Waals surface area contributed by atoms with E-state index in [9.17, 15) is 4.79 Å². The van der Waals surface area contributed by atoms with Gasteiger partial charge in [0, 0.05) is 18.0 Å². The Labute approximate surface area is 166 Å². The standard InChI is InChI=1S/C21H19BrN2O3/c1-3-5-15(12-19(25)26)14-8-10-17(11-9-14)27-13-16-6-4-7-18-20(16)24(2)23-21(18)22/h4,6-11,15H,12-13H2,1-2H3,(H,25,26)/t15-/m0/s1. The van der Waals surface area contributed by atoms with Crippen LogP contribution in [-0.2, 0) is 18.4 Å². The van der Waals surface area contributed by atoms with E-state index in [2.05, 4.69) is 32.9 Å². The second-order valence-electron chi connectivity index (χ2n) is 6.13. The van der Waals surface area contributed by atoms with Crippen molar-refractivity contribution in [2.24, 2.45) is 7.05 Å². The number of carboxylic acids is 1. The summed E-state index contributed by atoms with van der Waals surface area (Å²) >= 11 is 3.47. The number of fused-ring (bicyclic) bond motifs is 1. The molecule has 0 aliphatic rings. The van der Waals surface area contributed by atoms with Gasteiger partial charge in [0.05, 0.1) is 17.9 Å². The molecule has 1 aromatic heterocycles. The van der Waals surface area contributed by atoms with Gasteiger partial charge in [0.1, 0.15) is 17.0 Å². The molecule has 27 heavy (non-hydrogen) atoms. The van der Waals surface area contributed by atoms with Crippen molar-refractivity contribution in [3.63, 3.8) is 0 Å². The molecule has 1 atom stereocenters. The van der Waals surface area contributed by atoms with E-state index in [0.717, 1.165) is 32.4 Å². The topological polar surface area (TPSA) is 64.3 Å². The van der Waals surface area contributed by atoms with Gasteiger partial charge in [0.25, 0.3) is 0 Å². The first-order valence-electron chi connectivity index (χ1n) is 8.46. The number of carbonyl (C=O) groups is 1. The molecule has 0 saturated heterocycles. The van der Waals surface area contributed by atoms with Crippen LogP contribution >= 0.6 is 15.9 Å². The minimum Gasteiger partial charge on any atom is -0.489 e. The number of nitrogens with zero attached hydrogens (tertiary/aromatic N) is 2. The first-order valence-corrected chi connectivity index (χ1v) is 9.26. The average molecular weight is 427 g/mol. The number of rotatable bonds is 6. The molecule has 0 spiro atoms. The third-order valence-corrected chi connectivity index (χ3v) is 4.86. The SMILES string of the molecule is CC#C[C@@H](CC(=O)O)c1ccc(OCc2cccc3c(Br)nn(C)c23)cc1. The maximum atomic E-state index is 11.0. The molecule has 5 nitrogen and oxygen atoms in total. The molecule has 1 heterocycles. The molecule has 0 bridgehead atoms. The Hall–Kier alpha value is -2.78. The fraction of sp³-hybridized carbons (Fsp3) is 0.238. The molecule has 3 rings (SSSR count). The fourth-order valence-corrected chi connectivity index (χ4v) is 3.61. The smallest absolute Gasteiger partial charge is 0.304 e. The Bertz CT molecular complexity index is 1030. The van der Waals surface area contributed by atoms with Crippen molar-refractivity contribution >= 4 is 32.8 Å². The zero-order valence-electron chi connectivity index (χ0n) is 15.1. The summed E-state index contributed by atoms with van der Waals surface area (Å²) in [5, 5.41) is 14.5. The zero-order chi connectivity index (χ0) is 19.4. The molecule has 0 aliphatic heterocycles. The molecule has 0 fully saturated rings. The number of hydrogen-bond donors (Lipinski definition) is 1. The summed E-state index contributed by atoms with van der Waals surface area (Å²) in [5.41, 5.74) is 2.94. The van der Waals surface area contributed by atoms with Gasteiger partial charge < -0.3 is 9.84 Å². The summed E-state index contributed by atoms with van der Waals surface area (Å²) in [6.45, 7) is 2.12. The van der Waals surface area contributed by atoms with E-state index in [0.29, 0.717) is 6.61 Å². The third-order valence-electron chi connectivity index (χ3n) is 4.28. The maximum absolute atomic E-state index is 11.0. The lowest BCUT2D eigenvalue weighted by Gasteiger charge is -2.11. The Balaban J connectivity index is 1.76. The highest BCUT2D eigenvalue weighted by atomic mass is 79.9. The summed E-state index contributed by atoms with van der Waals surface area (Å²) in [5.74, 6) is 5.29. The second kappa shape index (κ2) is 8.28. The van der Waals surface area contributed by atoms with E-state index < -0.39 is 5.97 Å². The molecular weight excluding hydrogens is 408 g/mol. The summed E-state index contributed by atoms with van der Waals surface area (Å²) in [7, 11) is 1.91. The summed E-state index contributed by atoms with van der Waals surface area (Å²) in [4.78, 5) is 11.0. The summed E-state index contributed by atoms with van der Waals surface area (Å²) in [6.07, 6.45) is -0.0155. The van der Waals surface area contributed by atoms with Gasteiger partial charge in [0.15, 0.2) is 0 Å². The van der Waals surface area contributed by atoms with Crippen LogP contribution in [0.4, 0.5) is 0 Å². The van der Waals surface area contributed by atoms with Crippen molar-refractivity contribution in [3.8, 4) is 17.6 Å². The van der Waals surface area contributed by atoms with E-state index in [4.69, 9.17) is 9.84 Å². The molecule has 6 heteroatoms. The first-order chi connectivity index (χ1) is 13.0. The van der Waals surface area contributed by atoms with Gasteiger partial charge >= 0.3 is 5.97 Å². The monoisotopic (exact) mass is 426 g/mol. The van der Waals surface area contributed by atoms with E-state index in [1.165, 1.54) is 0 Å². The summed E-state index contributed by atoms with van der Waals surface area (Å²) in [6, 6.07) is 13.5. The third kappa shape index (κ3) is 4.32. The van der Waals surface area contributed by atoms with Gasteiger partial charge in [-0.05, 0) is 40.5 Å². The highest BCUT2D eigenvalue weighted by Crippen LogP contribution is 2.27. The van der Waals surface area contributed by atoms with Gasteiger partial charge in [-0.3, -0.25) is 9.48 Å². The van der Waals surface area contributed by atoms with Gasteiger partial charge in [-0.2, -0.15) is 5.10 Å². The number of aromatic nitrogens is 2. The van der Waals surface area contributed by atoms with Crippen LogP contribution < -0.4 is 4.74 Å². The molecule has 0 unspecified atom stereocenters. The highest BCUT2D eigenvalue weighted by Gasteiger charge is 2.14. The highest BCUT2D eigenvalue weighted by molar-refractivity contribution is 9.10. The molecular formula is C21H19BrN2O3. The van der Waals surface area contributed by atoms with Gasteiger partial charge in [-0.25, -0.2) is 0 Å². The lowest BCUT2D eigenvalue weighted by Crippen LogP contribution is -2.05. The molecule has 138 valence electrons. The Kier molecular flexibility index (Phi) is 5.82. The number of aryl methyl sites for hydroxylation is 1. The van der Waals surface area contributed by atoms with Crippen molar-refractivity contribution in [3.05, 3.63) is 58.2 Å². The van der Waals surface area contributed by atoms with Crippen molar-refractivity contribution in [1.82, 2.24) is 9.78 Å². The quantitative estimate of drug-likeness (QED) is 0.589. The van der Waals surface area contributed by atoms with Crippen LogP contribution in [0.3, 0.4) is 0 Å². The average Bonchev–Trinajstić information content (AvgIpc) is 2.94. The maximum Gasteiger partial charge on any atom is 0.304 e. The number of halogens is 1. The number of ether oxygens (including phenoxy) is 1. The van der Waals surface area contributed by atoms with Crippen LogP contribution in [0.1, 0.15) is 30.4 Å². The summed E-state index contributed by atoms with van der Waals surface area (Å²) < 4.78 is 8.58. The predicted octanol–water partition coefficient (Wildman–Crippen LogP) is 4.50. The lowest BCUT2D eigenvalue weighted by atomic mass is 9.96. The van der Waals surface area contributed by atoms with Crippen molar-refractivity contribution in [2.45, 2.75) is 25.9 Å². The number of para-hydroxylation sites is 1. The second-order valence-corrected chi connectivity index (χ2v) is 6.88. The molecule has 0 amide bonds. The van der Waals surface area contributed by atoms with Crippen LogP contribution in [0, 0.1) is 11.8 Å². The van der Waals surface area contributed by atoms with E-state index >= 15 is 0 Å². The number of aliphatic carboxylic acids is 1. The minimum atomic E-state index is -0.862. The molecule has 3 aromatic rings. The number of carboxylic acid groups (broad SMARTS) is 1. The number of hydrogen-bond acceptors (Lipinski definition) is 3. The van der Waals surface area contributed by atoms with Crippen molar-refractivity contribution in [2.75, 3.05) is 0 Å². The van der Waals surface area contributed by atoms with E-state index in [1.807, 2.05) is 54.2 Å². The van der Waals surface area contributed by atoms with Crippen LogP contribution in [0.2, 0.25) is 0 Å². The Morgan fingerprint density at radius 3 is 2.70 bits per heavy atom. The van der Waals surface area contributed by atoms with Crippen LogP contribution in [0.5, 0.6) is 5.75 Å². The predicted molar refractivity (Wildman–Crippen MR) is 108 cm³/mol. The van der Waals surface area contributed by atoms with Crippen LogP contribution in [0.15, 0.2) is 47.1 Å². The normalized spacial score (nSPS) is 11.7. The molecule has 0 radical (unpaired) electrons. The van der Waals surface area contributed by atoms with Crippen LogP contribution in [-0.4, -0.2) is 20.9 Å². The number of benzene rings is 2. The fourth-order valence-electron chi connectivity index (χ4n) is 3.05. The molecule has 0 saturated carbocycles. The largest absolute Gasteiger partial charge is 0.489 e. The molecule has 0 aliphatic carbocycles. The Morgan fingerprint density at radius 1 is 1.30 bits per heavy atom. The van der Waals surface area contributed by atoms with E-state index in [-0.39, 0.29) is 12.3 Å². The van der Waals surface area contributed by atoms with E-state index in [1.54, 1.807) is 6.92 Å². The van der Waals surface area contributed by atoms with Crippen molar-refractivity contribution in [1.29, 1.82) is 0 Å². The van der Waals surface area contributed by atoms with Gasteiger partial charge in [-0.15, -0.1) is 5.92 Å². The van der Waals surface area contributed by atoms with Crippen LogP contribution in [0.25, 0.3) is 10.9 Å².